The third-order valence-electron chi connectivity index (χ3n) is 3.61. The highest BCUT2D eigenvalue weighted by atomic mass is 16.4. The minimum absolute atomic E-state index is 0.386. The first-order valence-corrected chi connectivity index (χ1v) is 6.78. The molecule has 0 N–H and O–H groups in total. The van der Waals surface area contributed by atoms with Crippen molar-refractivity contribution in [2.75, 3.05) is 0 Å². The Kier molecular flexibility index (Phi) is 2.59. The molecule has 0 aliphatic heterocycles. The minimum atomic E-state index is 0.386. The van der Waals surface area contributed by atoms with Crippen LogP contribution in [0.3, 0.4) is 0 Å². The molecule has 4 aromatic heterocycles. The third kappa shape index (κ3) is 1.80. The Morgan fingerprint density at radius 3 is 2.73 bits per heavy atom. The minimum Gasteiger partial charge on any atom is -0.420 e. The van der Waals surface area contributed by atoms with Gasteiger partial charge in [0.2, 0.25) is 5.89 Å². The van der Waals surface area contributed by atoms with Crippen LogP contribution in [0.1, 0.15) is 11.6 Å². The maximum Gasteiger partial charge on any atom is 0.268 e. The Morgan fingerprint density at radius 2 is 2.05 bits per heavy atom. The number of hydrogen-bond donors (Lipinski definition) is 0. The van der Waals surface area contributed by atoms with Gasteiger partial charge in [-0.25, -0.2) is 9.50 Å². The molecule has 22 heavy (non-hydrogen) atoms. The number of aryl methyl sites for hydroxylation is 2. The lowest BCUT2D eigenvalue weighted by molar-refractivity contribution is 0.530. The maximum absolute atomic E-state index is 5.43. The van der Waals surface area contributed by atoms with Crippen LogP contribution in [-0.2, 0) is 7.05 Å². The zero-order valence-corrected chi connectivity index (χ0v) is 12.3. The highest BCUT2D eigenvalue weighted by molar-refractivity contribution is 5.66. The summed E-state index contributed by atoms with van der Waals surface area (Å²) >= 11 is 0. The molecule has 4 heterocycles. The number of hydrogen-bond acceptors (Lipinski definition) is 6. The molecule has 8 nitrogen and oxygen atoms in total. The van der Waals surface area contributed by atoms with Crippen LogP contribution in [0.25, 0.3) is 28.5 Å². The molecule has 4 rings (SSSR count). The first-order valence-electron chi connectivity index (χ1n) is 6.78. The topological polar surface area (TPSA) is 86.9 Å². The van der Waals surface area contributed by atoms with E-state index in [2.05, 4.69) is 25.4 Å². The SMILES string of the molecule is Cc1nnc(-c2cc3nccc(-c4cnn(C)c4C)n3n2)o1. The molecule has 0 aliphatic rings. The van der Waals surface area contributed by atoms with Crippen LogP contribution in [0.5, 0.6) is 0 Å². The first kappa shape index (κ1) is 12.7. The monoisotopic (exact) mass is 295 g/mol. The summed E-state index contributed by atoms with van der Waals surface area (Å²) < 4.78 is 9.02. The van der Waals surface area contributed by atoms with Crippen molar-refractivity contribution in [3.05, 3.63) is 36.1 Å². The molecule has 0 amide bonds. The van der Waals surface area contributed by atoms with E-state index >= 15 is 0 Å². The Morgan fingerprint density at radius 1 is 1.18 bits per heavy atom. The van der Waals surface area contributed by atoms with E-state index in [9.17, 15) is 0 Å². The van der Waals surface area contributed by atoms with E-state index in [0.717, 1.165) is 17.0 Å². The van der Waals surface area contributed by atoms with Gasteiger partial charge in [-0.3, -0.25) is 4.68 Å². The van der Waals surface area contributed by atoms with Crippen molar-refractivity contribution < 1.29 is 4.42 Å². The molecular weight excluding hydrogens is 282 g/mol. The van der Waals surface area contributed by atoms with E-state index in [4.69, 9.17) is 4.42 Å². The molecule has 110 valence electrons. The molecule has 0 aromatic carbocycles. The van der Waals surface area contributed by atoms with Gasteiger partial charge in [0.15, 0.2) is 11.3 Å². The maximum atomic E-state index is 5.43. The molecule has 0 aliphatic carbocycles. The highest BCUT2D eigenvalue weighted by Gasteiger charge is 2.16. The van der Waals surface area contributed by atoms with Crippen molar-refractivity contribution in [3.63, 3.8) is 0 Å². The fraction of sp³-hybridized carbons (Fsp3) is 0.214. The zero-order valence-electron chi connectivity index (χ0n) is 12.3. The predicted octanol–water partition coefficient (Wildman–Crippen LogP) is 1.80. The summed E-state index contributed by atoms with van der Waals surface area (Å²) in [5.74, 6) is 0.889. The van der Waals surface area contributed by atoms with Crippen LogP contribution in [-0.4, -0.2) is 34.6 Å². The van der Waals surface area contributed by atoms with Crippen molar-refractivity contribution in [1.29, 1.82) is 0 Å². The van der Waals surface area contributed by atoms with Crippen LogP contribution in [0.4, 0.5) is 0 Å². The molecular formula is C14H13N7O. The van der Waals surface area contributed by atoms with Crippen molar-refractivity contribution in [1.82, 2.24) is 34.6 Å². The second-order valence-electron chi connectivity index (χ2n) is 5.02. The smallest absolute Gasteiger partial charge is 0.268 e. The molecule has 0 bridgehead atoms. The summed E-state index contributed by atoms with van der Waals surface area (Å²) in [4.78, 5) is 4.34. The van der Waals surface area contributed by atoms with Crippen LogP contribution < -0.4 is 0 Å². The molecule has 0 unspecified atom stereocenters. The van der Waals surface area contributed by atoms with E-state index in [-0.39, 0.29) is 0 Å². The van der Waals surface area contributed by atoms with E-state index < -0.39 is 0 Å². The van der Waals surface area contributed by atoms with Gasteiger partial charge >= 0.3 is 0 Å². The average molecular weight is 295 g/mol. The zero-order chi connectivity index (χ0) is 15.3. The second kappa shape index (κ2) is 4.48. The molecule has 0 radical (unpaired) electrons. The van der Waals surface area contributed by atoms with E-state index in [1.165, 1.54) is 0 Å². The molecule has 0 spiro atoms. The Hall–Kier alpha value is -3.03. The van der Waals surface area contributed by atoms with Gasteiger partial charge in [-0.2, -0.15) is 10.2 Å². The first-order chi connectivity index (χ1) is 10.6. The molecule has 0 fully saturated rings. The number of fused-ring (bicyclic) bond motifs is 1. The number of nitrogens with zero attached hydrogens (tertiary/aromatic N) is 7. The standard InChI is InChI=1S/C14H13N7O/c1-8-10(7-16-20(8)3)12-4-5-15-13-6-11(19-21(12)13)14-18-17-9(2)22-14/h4-7H,1-3H3. The fourth-order valence-electron chi connectivity index (χ4n) is 2.35. The van der Waals surface area contributed by atoms with Crippen molar-refractivity contribution in [3.8, 4) is 22.8 Å². The lowest BCUT2D eigenvalue weighted by atomic mass is 10.2. The van der Waals surface area contributed by atoms with E-state index in [1.54, 1.807) is 17.6 Å². The van der Waals surface area contributed by atoms with Gasteiger partial charge in [-0.1, -0.05) is 0 Å². The van der Waals surface area contributed by atoms with Gasteiger partial charge in [0, 0.05) is 37.5 Å². The van der Waals surface area contributed by atoms with Gasteiger partial charge in [-0.05, 0) is 13.0 Å². The molecule has 0 atom stereocenters. The van der Waals surface area contributed by atoms with Gasteiger partial charge < -0.3 is 4.42 Å². The lowest BCUT2D eigenvalue weighted by Crippen LogP contribution is -1.97. The van der Waals surface area contributed by atoms with Crippen molar-refractivity contribution in [2.24, 2.45) is 7.05 Å². The average Bonchev–Trinajstić information content (AvgIpc) is 3.19. The number of rotatable bonds is 2. The van der Waals surface area contributed by atoms with Crippen LogP contribution >= 0.6 is 0 Å². The quantitative estimate of drug-likeness (QED) is 0.560. The molecule has 8 heteroatoms. The fourth-order valence-corrected chi connectivity index (χ4v) is 2.35. The lowest BCUT2D eigenvalue weighted by Gasteiger charge is -2.03. The van der Waals surface area contributed by atoms with Crippen LogP contribution in [0, 0.1) is 13.8 Å². The summed E-state index contributed by atoms with van der Waals surface area (Å²) in [5.41, 5.74) is 4.29. The Bertz CT molecular complexity index is 978. The highest BCUT2D eigenvalue weighted by Crippen LogP contribution is 2.25. The van der Waals surface area contributed by atoms with Crippen LogP contribution in [0.15, 0.2) is 28.9 Å². The number of aromatic nitrogens is 7. The molecule has 4 aromatic rings. The summed E-state index contributed by atoms with van der Waals surface area (Å²) in [6.07, 6.45) is 3.57. The van der Waals surface area contributed by atoms with Crippen molar-refractivity contribution >= 4 is 5.65 Å². The summed E-state index contributed by atoms with van der Waals surface area (Å²) in [6.45, 7) is 3.76. The van der Waals surface area contributed by atoms with Crippen LogP contribution in [0.2, 0.25) is 0 Å². The Balaban J connectivity index is 1.94. The van der Waals surface area contributed by atoms with Crippen molar-refractivity contribution in [2.45, 2.75) is 13.8 Å². The van der Waals surface area contributed by atoms with E-state index in [1.807, 2.05) is 37.0 Å². The molecule has 0 saturated carbocycles. The second-order valence-corrected chi connectivity index (χ2v) is 5.02. The summed E-state index contributed by atoms with van der Waals surface area (Å²) in [5, 5.41) is 16.7. The predicted molar refractivity (Wildman–Crippen MR) is 78.0 cm³/mol. The van der Waals surface area contributed by atoms with Gasteiger partial charge in [0.05, 0.1) is 11.9 Å². The summed E-state index contributed by atoms with van der Waals surface area (Å²) in [6, 6.07) is 3.73. The van der Waals surface area contributed by atoms with Gasteiger partial charge in [0.1, 0.15) is 0 Å². The normalized spacial score (nSPS) is 11.4. The largest absolute Gasteiger partial charge is 0.420 e. The van der Waals surface area contributed by atoms with Gasteiger partial charge in [-0.15, -0.1) is 10.2 Å². The Labute approximate surface area is 125 Å². The van der Waals surface area contributed by atoms with Gasteiger partial charge in [0.25, 0.3) is 5.89 Å². The van der Waals surface area contributed by atoms with E-state index in [0.29, 0.717) is 23.1 Å². The molecule has 0 saturated heterocycles. The summed E-state index contributed by atoms with van der Waals surface area (Å²) in [7, 11) is 1.91. The third-order valence-corrected chi connectivity index (χ3v) is 3.61.